The van der Waals surface area contributed by atoms with Gasteiger partial charge in [-0.25, -0.2) is 4.68 Å². The second-order valence-corrected chi connectivity index (χ2v) is 5.58. The van der Waals surface area contributed by atoms with Crippen molar-refractivity contribution in [2.45, 2.75) is 31.5 Å². The normalized spacial score (nSPS) is 27.0. The molecule has 4 rings (SSSR count). The fourth-order valence-electron chi connectivity index (χ4n) is 3.17. The molecule has 0 aliphatic carbocycles. The van der Waals surface area contributed by atoms with E-state index in [0.29, 0.717) is 5.75 Å². The lowest BCUT2D eigenvalue weighted by molar-refractivity contribution is -0.140. The Labute approximate surface area is 122 Å². The highest BCUT2D eigenvalue weighted by atomic mass is 16.5. The van der Waals surface area contributed by atoms with Crippen LogP contribution in [0.25, 0.3) is 5.69 Å². The predicted molar refractivity (Wildman–Crippen MR) is 75.2 cm³/mol. The minimum absolute atomic E-state index is 0.0610. The first-order valence-corrected chi connectivity index (χ1v) is 7.27. The van der Waals surface area contributed by atoms with Crippen molar-refractivity contribution in [1.82, 2.24) is 9.78 Å². The summed E-state index contributed by atoms with van der Waals surface area (Å²) in [5, 5.41) is 4.16. The van der Waals surface area contributed by atoms with Crippen LogP contribution in [0.1, 0.15) is 19.3 Å². The van der Waals surface area contributed by atoms with Gasteiger partial charge in [-0.3, -0.25) is 4.79 Å². The molecule has 3 heterocycles. The van der Waals surface area contributed by atoms with Crippen LogP contribution in [0.4, 0.5) is 0 Å². The van der Waals surface area contributed by atoms with E-state index in [1.165, 1.54) is 0 Å². The highest BCUT2D eigenvalue weighted by Gasteiger charge is 2.45. The molecule has 1 aromatic carbocycles. The van der Waals surface area contributed by atoms with E-state index >= 15 is 0 Å². The number of esters is 1. The van der Waals surface area contributed by atoms with Gasteiger partial charge in [0.15, 0.2) is 0 Å². The molecule has 5 heteroatoms. The minimum Gasteiger partial charge on any atom is -0.426 e. The zero-order valence-corrected chi connectivity index (χ0v) is 11.5. The van der Waals surface area contributed by atoms with Crippen molar-refractivity contribution >= 4 is 5.97 Å². The molecular weight excluding hydrogens is 268 g/mol. The molecule has 0 N–H and O–H groups in total. The number of carbonyl (C=O) groups excluding carboxylic acids is 1. The largest absolute Gasteiger partial charge is 0.426 e. The highest BCUT2D eigenvalue weighted by Crippen LogP contribution is 2.39. The lowest BCUT2D eigenvalue weighted by Crippen LogP contribution is -2.29. The average Bonchev–Trinajstić information content (AvgIpc) is 3.25. The molecule has 0 radical (unpaired) electrons. The Balaban J connectivity index is 1.44. The van der Waals surface area contributed by atoms with Crippen LogP contribution in [0.3, 0.4) is 0 Å². The summed E-state index contributed by atoms with van der Waals surface area (Å²) in [5.41, 5.74) is 0.933. The Morgan fingerprint density at radius 1 is 1.29 bits per heavy atom. The quantitative estimate of drug-likeness (QED) is 0.641. The van der Waals surface area contributed by atoms with Crippen molar-refractivity contribution in [2.24, 2.45) is 5.92 Å². The average molecular weight is 284 g/mol. The molecule has 0 saturated carbocycles. The number of carbonyl (C=O) groups is 1. The Morgan fingerprint density at radius 3 is 2.76 bits per heavy atom. The summed E-state index contributed by atoms with van der Waals surface area (Å²) in [7, 11) is 0. The molecule has 0 spiro atoms. The van der Waals surface area contributed by atoms with E-state index in [1.807, 2.05) is 24.4 Å². The molecule has 3 atom stereocenters. The summed E-state index contributed by atoms with van der Waals surface area (Å²) in [6, 6.07) is 9.22. The monoisotopic (exact) mass is 284 g/mol. The number of hydrogen-bond donors (Lipinski definition) is 0. The first-order valence-electron chi connectivity index (χ1n) is 7.27. The second-order valence-electron chi connectivity index (χ2n) is 5.58. The van der Waals surface area contributed by atoms with Crippen molar-refractivity contribution in [3.8, 4) is 11.4 Å². The van der Waals surface area contributed by atoms with Crippen LogP contribution in [0.15, 0.2) is 42.7 Å². The van der Waals surface area contributed by atoms with Crippen LogP contribution in [0, 0.1) is 5.92 Å². The van der Waals surface area contributed by atoms with Crippen LogP contribution in [-0.4, -0.2) is 28.0 Å². The first-order chi connectivity index (χ1) is 10.3. The first kappa shape index (κ1) is 12.6. The predicted octanol–water partition coefficient (Wildman–Crippen LogP) is 2.35. The van der Waals surface area contributed by atoms with Gasteiger partial charge in [-0.1, -0.05) is 0 Å². The van der Waals surface area contributed by atoms with Gasteiger partial charge in [-0.05, 0) is 49.6 Å². The number of aromatic nitrogens is 2. The van der Waals surface area contributed by atoms with E-state index in [-0.39, 0.29) is 24.1 Å². The maximum Gasteiger partial charge on any atom is 0.317 e. The van der Waals surface area contributed by atoms with Gasteiger partial charge in [-0.2, -0.15) is 5.10 Å². The third kappa shape index (κ3) is 2.34. The molecule has 2 aromatic rings. The molecule has 21 heavy (non-hydrogen) atoms. The van der Waals surface area contributed by atoms with Gasteiger partial charge < -0.3 is 9.47 Å². The Kier molecular flexibility index (Phi) is 3.00. The fourth-order valence-corrected chi connectivity index (χ4v) is 3.17. The van der Waals surface area contributed by atoms with E-state index in [9.17, 15) is 4.79 Å². The van der Waals surface area contributed by atoms with Gasteiger partial charge in [0.1, 0.15) is 5.75 Å². The summed E-state index contributed by atoms with van der Waals surface area (Å²) in [5.74, 6) is 0.294. The summed E-state index contributed by atoms with van der Waals surface area (Å²) in [6.45, 7) is 0. The van der Waals surface area contributed by atoms with E-state index < -0.39 is 0 Å². The van der Waals surface area contributed by atoms with Crippen molar-refractivity contribution < 1.29 is 14.3 Å². The Morgan fingerprint density at radius 2 is 2.14 bits per heavy atom. The minimum atomic E-state index is -0.172. The van der Waals surface area contributed by atoms with Crippen molar-refractivity contribution in [3.05, 3.63) is 42.7 Å². The van der Waals surface area contributed by atoms with Crippen LogP contribution in [-0.2, 0) is 9.53 Å². The molecule has 2 fully saturated rings. The smallest absolute Gasteiger partial charge is 0.317 e. The number of nitrogens with zero attached hydrogens (tertiary/aromatic N) is 2. The van der Waals surface area contributed by atoms with E-state index in [0.717, 1.165) is 24.9 Å². The van der Waals surface area contributed by atoms with E-state index in [4.69, 9.17) is 9.47 Å². The number of rotatable bonds is 3. The molecule has 2 bridgehead atoms. The van der Waals surface area contributed by atoms with Crippen LogP contribution < -0.4 is 4.74 Å². The van der Waals surface area contributed by atoms with Gasteiger partial charge in [0.25, 0.3) is 0 Å². The zero-order valence-electron chi connectivity index (χ0n) is 11.5. The summed E-state index contributed by atoms with van der Waals surface area (Å²) < 4.78 is 12.9. The van der Waals surface area contributed by atoms with Crippen LogP contribution in [0.2, 0.25) is 0 Å². The molecule has 2 saturated heterocycles. The molecule has 0 amide bonds. The van der Waals surface area contributed by atoms with E-state index in [1.54, 1.807) is 23.0 Å². The van der Waals surface area contributed by atoms with Gasteiger partial charge >= 0.3 is 5.97 Å². The molecule has 108 valence electrons. The molecule has 2 aliphatic heterocycles. The van der Waals surface area contributed by atoms with Gasteiger partial charge in [0.2, 0.25) is 0 Å². The number of ether oxygens (including phenoxy) is 2. The van der Waals surface area contributed by atoms with Crippen LogP contribution in [0.5, 0.6) is 5.75 Å². The van der Waals surface area contributed by atoms with Gasteiger partial charge in [0, 0.05) is 12.4 Å². The topological polar surface area (TPSA) is 53.4 Å². The van der Waals surface area contributed by atoms with Crippen LogP contribution >= 0.6 is 0 Å². The third-order valence-electron chi connectivity index (χ3n) is 4.23. The fraction of sp³-hybridized carbons (Fsp3) is 0.375. The SMILES string of the molecule is O=C(Oc1ccc(-n2cccn2)cc1)C1CC2CCC1O2. The number of hydrogen-bond acceptors (Lipinski definition) is 4. The molecule has 2 aliphatic rings. The standard InChI is InChI=1S/C16H16N2O3/c19-16(14-10-13-6-7-15(14)20-13)21-12-4-2-11(3-5-12)18-9-1-8-17-18/h1-5,8-9,13-15H,6-7,10H2. The lowest BCUT2D eigenvalue weighted by atomic mass is 9.89. The molecule has 5 nitrogen and oxygen atoms in total. The second kappa shape index (κ2) is 5.00. The summed E-state index contributed by atoms with van der Waals surface area (Å²) >= 11 is 0. The highest BCUT2D eigenvalue weighted by molar-refractivity contribution is 5.76. The third-order valence-corrected chi connectivity index (χ3v) is 4.23. The summed E-state index contributed by atoms with van der Waals surface area (Å²) in [6.07, 6.45) is 6.77. The van der Waals surface area contributed by atoms with Gasteiger partial charge in [-0.15, -0.1) is 0 Å². The van der Waals surface area contributed by atoms with Crippen molar-refractivity contribution in [3.63, 3.8) is 0 Å². The summed E-state index contributed by atoms with van der Waals surface area (Å²) in [4.78, 5) is 12.2. The van der Waals surface area contributed by atoms with Gasteiger partial charge in [0.05, 0.1) is 23.8 Å². The molecular formula is C16H16N2O3. The molecule has 3 unspecified atom stereocenters. The Bertz CT molecular complexity index is 636. The van der Waals surface area contributed by atoms with E-state index in [2.05, 4.69) is 5.10 Å². The molecule has 1 aromatic heterocycles. The van der Waals surface area contributed by atoms with Crippen molar-refractivity contribution in [1.29, 1.82) is 0 Å². The lowest BCUT2D eigenvalue weighted by Gasteiger charge is -2.17. The number of benzene rings is 1. The maximum absolute atomic E-state index is 12.2. The Hall–Kier alpha value is -2.14. The maximum atomic E-state index is 12.2. The van der Waals surface area contributed by atoms with Crippen molar-refractivity contribution in [2.75, 3.05) is 0 Å². The number of fused-ring (bicyclic) bond motifs is 2. The zero-order chi connectivity index (χ0) is 14.2.